The Labute approximate surface area is 109 Å². The first kappa shape index (κ1) is 12.2. The largest absolute Gasteiger partial charge is 0.425 e. The fourth-order valence-electron chi connectivity index (χ4n) is 3.61. The fraction of sp³-hybridized carbons (Fsp3) is 0.857. The van der Waals surface area contributed by atoms with Crippen molar-refractivity contribution in [2.45, 2.75) is 51.4 Å². The molecule has 3 atom stereocenters. The molecule has 0 aliphatic heterocycles. The van der Waals surface area contributed by atoms with E-state index in [-0.39, 0.29) is 0 Å². The van der Waals surface area contributed by atoms with Crippen LogP contribution in [-0.4, -0.2) is 23.3 Å². The Hall–Kier alpha value is -0.900. The lowest BCUT2D eigenvalue weighted by Crippen LogP contribution is -2.14. The van der Waals surface area contributed by atoms with Crippen LogP contribution in [0.25, 0.3) is 0 Å². The lowest BCUT2D eigenvalue weighted by atomic mass is 9.89. The molecular formula is C14H23N3O. The second-order valence-corrected chi connectivity index (χ2v) is 5.77. The van der Waals surface area contributed by atoms with Crippen molar-refractivity contribution in [1.29, 1.82) is 0 Å². The van der Waals surface area contributed by atoms with Crippen molar-refractivity contribution < 1.29 is 4.42 Å². The smallest absolute Gasteiger partial charge is 0.219 e. The molecule has 18 heavy (non-hydrogen) atoms. The first-order chi connectivity index (χ1) is 8.86. The van der Waals surface area contributed by atoms with Gasteiger partial charge in [0.25, 0.3) is 0 Å². The minimum atomic E-state index is 0.568. The molecule has 2 aliphatic carbocycles. The van der Waals surface area contributed by atoms with E-state index < -0.39 is 0 Å². The standard InChI is InChI=1S/C14H23N3O/c1-2-15-7-3-4-13-16-17-14(18-13)12-9-10-5-6-11(12)8-10/h10-12,15H,2-9H2,1H3. The number of nitrogens with one attached hydrogen (secondary N) is 1. The van der Waals surface area contributed by atoms with Gasteiger partial charge in [-0.15, -0.1) is 10.2 Å². The molecule has 1 aromatic heterocycles. The molecule has 2 aliphatic rings. The van der Waals surface area contributed by atoms with E-state index in [0.717, 1.165) is 49.5 Å². The maximum atomic E-state index is 5.85. The molecule has 0 spiro atoms. The molecule has 0 amide bonds. The zero-order chi connectivity index (χ0) is 12.4. The van der Waals surface area contributed by atoms with E-state index in [9.17, 15) is 0 Å². The Balaban J connectivity index is 1.53. The van der Waals surface area contributed by atoms with Gasteiger partial charge in [0.15, 0.2) is 0 Å². The summed E-state index contributed by atoms with van der Waals surface area (Å²) in [6, 6.07) is 0. The van der Waals surface area contributed by atoms with Crippen molar-refractivity contribution in [3.8, 4) is 0 Å². The first-order valence-electron chi connectivity index (χ1n) is 7.39. The molecule has 0 radical (unpaired) electrons. The minimum Gasteiger partial charge on any atom is -0.425 e. The maximum Gasteiger partial charge on any atom is 0.219 e. The summed E-state index contributed by atoms with van der Waals surface area (Å²) in [7, 11) is 0. The monoisotopic (exact) mass is 249 g/mol. The molecule has 1 aromatic rings. The van der Waals surface area contributed by atoms with Crippen LogP contribution in [0.4, 0.5) is 0 Å². The van der Waals surface area contributed by atoms with Crippen LogP contribution in [0.3, 0.4) is 0 Å². The highest BCUT2D eigenvalue weighted by molar-refractivity contribution is 5.04. The number of hydrogen-bond donors (Lipinski definition) is 1. The molecule has 0 saturated heterocycles. The van der Waals surface area contributed by atoms with Crippen LogP contribution in [-0.2, 0) is 6.42 Å². The molecule has 1 heterocycles. The van der Waals surface area contributed by atoms with Gasteiger partial charge in [0.1, 0.15) is 0 Å². The van der Waals surface area contributed by atoms with Gasteiger partial charge in [-0.3, -0.25) is 0 Å². The van der Waals surface area contributed by atoms with Crippen molar-refractivity contribution in [1.82, 2.24) is 15.5 Å². The van der Waals surface area contributed by atoms with Crippen LogP contribution in [0.2, 0.25) is 0 Å². The minimum absolute atomic E-state index is 0.568. The molecule has 0 aromatic carbocycles. The highest BCUT2D eigenvalue weighted by Gasteiger charge is 2.42. The molecular weight excluding hydrogens is 226 g/mol. The third kappa shape index (κ3) is 2.44. The predicted molar refractivity (Wildman–Crippen MR) is 69.4 cm³/mol. The first-order valence-corrected chi connectivity index (χ1v) is 7.39. The van der Waals surface area contributed by atoms with Crippen molar-refractivity contribution >= 4 is 0 Å². The highest BCUT2D eigenvalue weighted by Crippen LogP contribution is 2.52. The van der Waals surface area contributed by atoms with Gasteiger partial charge >= 0.3 is 0 Å². The van der Waals surface area contributed by atoms with E-state index >= 15 is 0 Å². The van der Waals surface area contributed by atoms with Gasteiger partial charge in [0.2, 0.25) is 11.8 Å². The van der Waals surface area contributed by atoms with Gasteiger partial charge in [0.05, 0.1) is 0 Å². The zero-order valence-corrected chi connectivity index (χ0v) is 11.2. The number of nitrogens with zero attached hydrogens (tertiary/aromatic N) is 2. The van der Waals surface area contributed by atoms with Crippen LogP contribution >= 0.6 is 0 Å². The fourth-order valence-corrected chi connectivity index (χ4v) is 3.61. The molecule has 4 heteroatoms. The Kier molecular flexibility index (Phi) is 3.64. The van der Waals surface area contributed by atoms with Gasteiger partial charge in [-0.1, -0.05) is 13.3 Å². The maximum absolute atomic E-state index is 5.85. The van der Waals surface area contributed by atoms with Crippen LogP contribution in [0.15, 0.2) is 4.42 Å². The third-order valence-corrected chi connectivity index (χ3v) is 4.53. The Morgan fingerprint density at radius 1 is 1.28 bits per heavy atom. The van der Waals surface area contributed by atoms with E-state index in [4.69, 9.17) is 4.42 Å². The molecule has 3 unspecified atom stereocenters. The molecule has 1 N–H and O–H groups in total. The van der Waals surface area contributed by atoms with Gasteiger partial charge in [-0.25, -0.2) is 0 Å². The number of hydrogen-bond acceptors (Lipinski definition) is 4. The summed E-state index contributed by atoms with van der Waals surface area (Å²) in [6.45, 7) is 4.18. The summed E-state index contributed by atoms with van der Waals surface area (Å²) in [5, 5.41) is 11.8. The summed E-state index contributed by atoms with van der Waals surface area (Å²) in [6.07, 6.45) is 7.44. The Morgan fingerprint density at radius 2 is 2.22 bits per heavy atom. The average molecular weight is 249 g/mol. The van der Waals surface area contributed by atoms with E-state index in [0.29, 0.717) is 5.92 Å². The van der Waals surface area contributed by atoms with Crippen molar-refractivity contribution in [3.63, 3.8) is 0 Å². The summed E-state index contributed by atoms with van der Waals surface area (Å²) in [5.74, 6) is 4.07. The Bertz CT molecular complexity index is 390. The van der Waals surface area contributed by atoms with Gasteiger partial charge in [-0.2, -0.15) is 0 Å². The molecule has 4 nitrogen and oxygen atoms in total. The van der Waals surface area contributed by atoms with Crippen molar-refractivity contribution in [2.24, 2.45) is 11.8 Å². The molecule has 2 bridgehead atoms. The number of fused-ring (bicyclic) bond motifs is 2. The van der Waals surface area contributed by atoms with E-state index in [1.54, 1.807) is 0 Å². The topological polar surface area (TPSA) is 51.0 Å². The van der Waals surface area contributed by atoms with Gasteiger partial charge in [0, 0.05) is 12.3 Å². The molecule has 3 rings (SSSR count). The van der Waals surface area contributed by atoms with Crippen LogP contribution in [0.5, 0.6) is 0 Å². The number of aryl methyl sites for hydroxylation is 1. The highest BCUT2D eigenvalue weighted by atomic mass is 16.4. The van der Waals surface area contributed by atoms with Crippen molar-refractivity contribution in [3.05, 3.63) is 11.8 Å². The van der Waals surface area contributed by atoms with Crippen LogP contribution in [0, 0.1) is 11.8 Å². The second kappa shape index (κ2) is 5.39. The van der Waals surface area contributed by atoms with Gasteiger partial charge in [-0.05, 0) is 50.6 Å². The van der Waals surface area contributed by atoms with E-state index in [2.05, 4.69) is 22.4 Å². The van der Waals surface area contributed by atoms with E-state index in [1.807, 2.05) is 0 Å². The summed E-state index contributed by atoms with van der Waals surface area (Å²) >= 11 is 0. The summed E-state index contributed by atoms with van der Waals surface area (Å²) in [5.41, 5.74) is 0. The predicted octanol–water partition coefficient (Wildman–Crippen LogP) is 2.52. The zero-order valence-electron chi connectivity index (χ0n) is 11.2. The number of aromatic nitrogens is 2. The van der Waals surface area contributed by atoms with Gasteiger partial charge < -0.3 is 9.73 Å². The van der Waals surface area contributed by atoms with E-state index in [1.165, 1.54) is 25.7 Å². The number of rotatable bonds is 6. The average Bonchev–Trinajstić information content (AvgIpc) is 3.09. The lowest BCUT2D eigenvalue weighted by Gasteiger charge is -2.17. The summed E-state index contributed by atoms with van der Waals surface area (Å²) < 4.78 is 5.85. The van der Waals surface area contributed by atoms with Crippen molar-refractivity contribution in [2.75, 3.05) is 13.1 Å². The van der Waals surface area contributed by atoms with Crippen LogP contribution < -0.4 is 5.32 Å². The second-order valence-electron chi connectivity index (χ2n) is 5.77. The summed E-state index contributed by atoms with van der Waals surface area (Å²) in [4.78, 5) is 0. The van der Waals surface area contributed by atoms with Crippen LogP contribution in [0.1, 0.15) is 56.7 Å². The SMILES string of the molecule is CCNCCCc1nnc(C2CC3CCC2C3)o1. The quantitative estimate of drug-likeness (QED) is 0.787. The molecule has 100 valence electrons. The lowest BCUT2D eigenvalue weighted by molar-refractivity contribution is 0.334. The third-order valence-electron chi connectivity index (χ3n) is 4.53. The molecule has 2 fully saturated rings. The normalized spacial score (nSPS) is 30.2. The Morgan fingerprint density at radius 3 is 2.94 bits per heavy atom. The molecule has 2 saturated carbocycles.